The summed E-state index contributed by atoms with van der Waals surface area (Å²) in [5.41, 5.74) is 0.996. The van der Waals surface area contributed by atoms with Crippen molar-refractivity contribution in [3.05, 3.63) is 71.8 Å². The van der Waals surface area contributed by atoms with E-state index in [0.29, 0.717) is 6.42 Å². The molecule has 0 radical (unpaired) electrons. The van der Waals surface area contributed by atoms with Crippen molar-refractivity contribution in [2.24, 2.45) is 0 Å². The Kier molecular flexibility index (Phi) is 5.24. The molecule has 3 heteroatoms. The van der Waals surface area contributed by atoms with Gasteiger partial charge in [-0.2, -0.15) is 0 Å². The second-order valence-corrected chi connectivity index (χ2v) is 7.57. The minimum absolute atomic E-state index is 0.506. The summed E-state index contributed by atoms with van der Waals surface area (Å²) in [4.78, 5) is 0. The van der Waals surface area contributed by atoms with E-state index in [0.717, 1.165) is 22.2 Å². The van der Waals surface area contributed by atoms with E-state index < -0.39 is 11.3 Å². The lowest BCUT2D eigenvalue weighted by Gasteiger charge is -2.44. The number of quaternary nitrogens is 1. The Morgan fingerprint density at radius 3 is 1.84 bits per heavy atom. The van der Waals surface area contributed by atoms with E-state index in [1.165, 1.54) is 32.4 Å². The molecule has 0 aliphatic carbocycles. The molecule has 132 valence electrons. The summed E-state index contributed by atoms with van der Waals surface area (Å²) in [5.74, 6) is -0.506. The first kappa shape index (κ1) is 17.7. The molecule has 0 amide bonds. The molecule has 2 aromatic carbocycles. The Hall–Kier alpha value is -2.13. The summed E-state index contributed by atoms with van der Waals surface area (Å²) in [6, 6.07) is 19.8. The highest BCUT2D eigenvalue weighted by Gasteiger charge is 2.37. The van der Waals surface area contributed by atoms with Gasteiger partial charge in [0.1, 0.15) is 0 Å². The van der Waals surface area contributed by atoms with Crippen LogP contribution in [0, 0.1) is 5.41 Å². The number of nitrogens with one attached hydrogen (secondary N) is 1. The molecule has 1 aliphatic heterocycles. The minimum atomic E-state index is -0.874. The first-order valence-electron chi connectivity index (χ1n) is 9.27. The van der Waals surface area contributed by atoms with Crippen LogP contribution in [0.5, 0.6) is 0 Å². The van der Waals surface area contributed by atoms with Crippen LogP contribution < -0.4 is 5.11 Å². The van der Waals surface area contributed by atoms with Crippen molar-refractivity contribution < 1.29 is 9.59 Å². The summed E-state index contributed by atoms with van der Waals surface area (Å²) >= 11 is 0. The number of hydrogen-bond acceptors (Lipinski definition) is 2. The standard InChI is InChI=1S/C22H28N2O/c1-24(16-9-4-10-17-24)18-15-22(21(23)25,19-11-5-2-6-12-19)20-13-7-3-8-14-20/h2-3,5-8,11-14H,4,9-10,15-18H2,1H3,(H-,23,25). The van der Waals surface area contributed by atoms with E-state index in [1.54, 1.807) is 0 Å². The highest BCUT2D eigenvalue weighted by atomic mass is 16.3. The van der Waals surface area contributed by atoms with Crippen LogP contribution in [0.15, 0.2) is 60.7 Å². The lowest BCUT2D eigenvalue weighted by molar-refractivity contribution is -0.914. The molecule has 0 bridgehead atoms. The molecule has 1 N–H and O–H groups in total. The van der Waals surface area contributed by atoms with Crippen molar-refractivity contribution in [1.29, 1.82) is 5.41 Å². The zero-order chi connectivity index (χ0) is 17.8. The largest absolute Gasteiger partial charge is 0.861 e. The number of likely N-dealkylation sites (tertiary alicyclic amines) is 1. The van der Waals surface area contributed by atoms with Crippen LogP contribution in [-0.2, 0) is 5.41 Å². The summed E-state index contributed by atoms with van der Waals surface area (Å²) in [6.45, 7) is 3.27. The van der Waals surface area contributed by atoms with Crippen molar-refractivity contribution in [2.75, 3.05) is 26.7 Å². The van der Waals surface area contributed by atoms with Crippen LogP contribution in [0.1, 0.15) is 36.8 Å². The molecule has 0 atom stereocenters. The van der Waals surface area contributed by atoms with Gasteiger partial charge in [0.25, 0.3) is 0 Å². The van der Waals surface area contributed by atoms with Crippen LogP contribution in [0.3, 0.4) is 0 Å². The number of rotatable bonds is 6. The molecule has 1 saturated heterocycles. The molecular weight excluding hydrogens is 308 g/mol. The Morgan fingerprint density at radius 2 is 1.40 bits per heavy atom. The summed E-state index contributed by atoms with van der Waals surface area (Å²) in [5, 5.41) is 20.9. The third-order valence-electron chi connectivity index (χ3n) is 5.84. The normalized spacial score (nSPS) is 17.2. The third kappa shape index (κ3) is 3.62. The number of nitrogens with zero attached hydrogens (tertiary/aromatic N) is 1. The van der Waals surface area contributed by atoms with E-state index in [1.807, 2.05) is 60.7 Å². The molecule has 0 saturated carbocycles. The molecule has 3 rings (SSSR count). The molecule has 1 fully saturated rings. The molecule has 0 unspecified atom stereocenters. The van der Waals surface area contributed by atoms with E-state index in [2.05, 4.69) is 7.05 Å². The van der Waals surface area contributed by atoms with Crippen molar-refractivity contribution >= 4 is 5.90 Å². The van der Waals surface area contributed by atoms with Gasteiger partial charge in [-0.05, 0) is 36.3 Å². The van der Waals surface area contributed by atoms with Gasteiger partial charge in [0.05, 0.1) is 32.1 Å². The average molecular weight is 336 g/mol. The zero-order valence-electron chi connectivity index (χ0n) is 15.1. The van der Waals surface area contributed by atoms with Gasteiger partial charge >= 0.3 is 0 Å². The second-order valence-electron chi connectivity index (χ2n) is 7.57. The molecule has 1 heterocycles. The van der Waals surface area contributed by atoms with Gasteiger partial charge in [-0.15, -0.1) is 0 Å². The van der Waals surface area contributed by atoms with Gasteiger partial charge < -0.3 is 15.0 Å². The van der Waals surface area contributed by atoms with Crippen LogP contribution in [0.2, 0.25) is 0 Å². The fraction of sp³-hybridized carbons (Fsp3) is 0.409. The third-order valence-corrected chi connectivity index (χ3v) is 5.84. The predicted octanol–water partition coefficient (Wildman–Crippen LogP) is 3.33. The molecule has 0 aromatic heterocycles. The van der Waals surface area contributed by atoms with Crippen LogP contribution in [0.4, 0.5) is 0 Å². The van der Waals surface area contributed by atoms with E-state index in [-0.39, 0.29) is 0 Å². The maximum Gasteiger partial charge on any atom is 0.0799 e. The maximum atomic E-state index is 12.7. The molecule has 3 nitrogen and oxygen atoms in total. The maximum absolute atomic E-state index is 12.7. The van der Waals surface area contributed by atoms with Crippen LogP contribution in [-0.4, -0.2) is 37.1 Å². The second kappa shape index (κ2) is 7.40. The summed E-state index contributed by atoms with van der Waals surface area (Å²) < 4.78 is 1.01. The van der Waals surface area contributed by atoms with Crippen molar-refractivity contribution in [3.8, 4) is 0 Å². The highest BCUT2D eigenvalue weighted by molar-refractivity contribution is 5.86. The van der Waals surface area contributed by atoms with E-state index in [9.17, 15) is 5.11 Å². The smallest absolute Gasteiger partial charge is 0.0799 e. The highest BCUT2D eigenvalue weighted by Crippen LogP contribution is 2.37. The van der Waals surface area contributed by atoms with Gasteiger partial charge in [-0.25, -0.2) is 0 Å². The number of hydrogen-bond donors (Lipinski definition) is 1. The van der Waals surface area contributed by atoms with Gasteiger partial charge in [-0.3, -0.25) is 0 Å². The Balaban J connectivity index is 2.00. The Morgan fingerprint density at radius 1 is 0.920 bits per heavy atom. The lowest BCUT2D eigenvalue weighted by Crippen LogP contribution is -2.53. The molecule has 25 heavy (non-hydrogen) atoms. The molecule has 1 aliphatic rings. The topological polar surface area (TPSA) is 46.9 Å². The van der Waals surface area contributed by atoms with Gasteiger partial charge in [0, 0.05) is 6.42 Å². The average Bonchev–Trinajstić information content (AvgIpc) is 2.64. The lowest BCUT2D eigenvalue weighted by atomic mass is 9.71. The minimum Gasteiger partial charge on any atom is -0.861 e. The monoisotopic (exact) mass is 336 g/mol. The zero-order valence-corrected chi connectivity index (χ0v) is 15.1. The molecule has 2 aromatic rings. The SMILES string of the molecule is C[N+]1(CCC(C(=N)[O-])(c2ccccc2)c2ccccc2)CCCCC1. The first-order valence-corrected chi connectivity index (χ1v) is 9.27. The fourth-order valence-electron chi connectivity index (χ4n) is 4.21. The summed E-state index contributed by atoms with van der Waals surface area (Å²) in [7, 11) is 2.30. The Labute approximate surface area is 151 Å². The first-order chi connectivity index (χ1) is 12.1. The van der Waals surface area contributed by atoms with Crippen molar-refractivity contribution in [3.63, 3.8) is 0 Å². The molecule has 0 spiro atoms. The van der Waals surface area contributed by atoms with Crippen LogP contribution in [0.25, 0.3) is 0 Å². The quantitative estimate of drug-likeness (QED) is 0.491. The summed E-state index contributed by atoms with van der Waals surface area (Å²) in [6.07, 6.45) is 4.51. The Bertz CT molecular complexity index is 651. The fourth-order valence-corrected chi connectivity index (χ4v) is 4.21. The number of benzene rings is 2. The predicted molar refractivity (Wildman–Crippen MR) is 101 cm³/mol. The number of piperidine rings is 1. The van der Waals surface area contributed by atoms with Gasteiger partial charge in [0.2, 0.25) is 0 Å². The van der Waals surface area contributed by atoms with E-state index in [4.69, 9.17) is 5.41 Å². The van der Waals surface area contributed by atoms with E-state index >= 15 is 0 Å². The van der Waals surface area contributed by atoms with Gasteiger partial charge in [-0.1, -0.05) is 60.7 Å². The van der Waals surface area contributed by atoms with Crippen molar-refractivity contribution in [1.82, 2.24) is 0 Å². The van der Waals surface area contributed by atoms with Crippen molar-refractivity contribution in [2.45, 2.75) is 31.1 Å². The van der Waals surface area contributed by atoms with Crippen LogP contribution >= 0.6 is 0 Å². The van der Waals surface area contributed by atoms with Gasteiger partial charge in [0.15, 0.2) is 0 Å². The molecular formula is C22H28N2O.